The topological polar surface area (TPSA) is 52.3 Å². The zero-order chi connectivity index (χ0) is 7.98. The lowest BCUT2D eigenvalue weighted by molar-refractivity contribution is -0.144. The summed E-state index contributed by atoms with van der Waals surface area (Å²) in [4.78, 5) is 10.5. The average molecular weight is 143 g/mol. The van der Waals surface area contributed by atoms with Gasteiger partial charge in [-0.25, -0.2) is 0 Å². The third kappa shape index (κ3) is 4.09. The maximum atomic E-state index is 10.5. The van der Waals surface area contributed by atoms with Crippen LogP contribution in [0.1, 0.15) is 13.8 Å². The van der Waals surface area contributed by atoms with Crippen LogP contribution in [0, 0.1) is 0 Å². The van der Waals surface area contributed by atoms with E-state index in [0.717, 1.165) is 0 Å². The molecule has 0 saturated carbocycles. The van der Waals surface area contributed by atoms with Crippen LogP contribution in [0.2, 0.25) is 0 Å². The van der Waals surface area contributed by atoms with E-state index >= 15 is 0 Å². The fourth-order valence-electron chi connectivity index (χ4n) is 0.566. The van der Waals surface area contributed by atoms with E-state index in [1.54, 1.807) is 13.0 Å². The molecule has 0 aromatic heterocycles. The van der Waals surface area contributed by atoms with Gasteiger partial charge < -0.3 is 10.5 Å². The van der Waals surface area contributed by atoms with Gasteiger partial charge in [-0.05, 0) is 19.9 Å². The van der Waals surface area contributed by atoms with Crippen molar-refractivity contribution in [2.75, 3.05) is 6.54 Å². The van der Waals surface area contributed by atoms with Crippen molar-refractivity contribution in [2.45, 2.75) is 20.0 Å². The summed E-state index contributed by atoms with van der Waals surface area (Å²) >= 11 is 0. The van der Waals surface area contributed by atoms with E-state index in [9.17, 15) is 4.79 Å². The van der Waals surface area contributed by atoms with Crippen LogP contribution in [0.5, 0.6) is 0 Å². The van der Waals surface area contributed by atoms with Gasteiger partial charge in [-0.1, -0.05) is 6.08 Å². The van der Waals surface area contributed by atoms with Gasteiger partial charge in [0.1, 0.15) is 6.10 Å². The highest BCUT2D eigenvalue weighted by atomic mass is 16.5. The highest BCUT2D eigenvalue weighted by molar-refractivity contribution is 5.71. The molecule has 0 aliphatic rings. The van der Waals surface area contributed by atoms with Gasteiger partial charge in [0.2, 0.25) is 0 Å². The SMILES string of the molecule is C/C=C/C(C)OC(=O)CN. The molecule has 0 aromatic rings. The Kier molecular flexibility index (Phi) is 4.58. The molecular weight excluding hydrogens is 130 g/mol. The molecule has 58 valence electrons. The molecule has 0 fully saturated rings. The molecule has 3 nitrogen and oxygen atoms in total. The Balaban J connectivity index is 3.57. The first kappa shape index (κ1) is 9.17. The van der Waals surface area contributed by atoms with Crippen LogP contribution >= 0.6 is 0 Å². The van der Waals surface area contributed by atoms with Gasteiger partial charge in [-0.2, -0.15) is 0 Å². The third-order valence-corrected chi connectivity index (χ3v) is 0.947. The van der Waals surface area contributed by atoms with Crippen molar-refractivity contribution in [1.82, 2.24) is 0 Å². The quantitative estimate of drug-likeness (QED) is 0.461. The van der Waals surface area contributed by atoms with Gasteiger partial charge in [-0.15, -0.1) is 0 Å². The van der Waals surface area contributed by atoms with Gasteiger partial charge in [0.15, 0.2) is 0 Å². The van der Waals surface area contributed by atoms with Crippen molar-refractivity contribution in [2.24, 2.45) is 5.73 Å². The molecule has 10 heavy (non-hydrogen) atoms. The third-order valence-electron chi connectivity index (χ3n) is 0.947. The molecule has 0 spiro atoms. The number of nitrogens with two attached hydrogens (primary N) is 1. The lowest BCUT2D eigenvalue weighted by atomic mass is 10.3. The highest BCUT2D eigenvalue weighted by Gasteiger charge is 2.01. The zero-order valence-electron chi connectivity index (χ0n) is 6.33. The van der Waals surface area contributed by atoms with Crippen LogP contribution in [-0.2, 0) is 9.53 Å². The Hall–Kier alpha value is -0.830. The first-order valence-corrected chi connectivity index (χ1v) is 3.23. The maximum Gasteiger partial charge on any atom is 0.320 e. The van der Waals surface area contributed by atoms with Crippen LogP contribution in [0.25, 0.3) is 0 Å². The van der Waals surface area contributed by atoms with E-state index in [0.29, 0.717) is 0 Å². The number of carbonyl (C=O) groups excluding carboxylic acids is 1. The summed E-state index contributed by atoms with van der Waals surface area (Å²) < 4.78 is 4.79. The van der Waals surface area contributed by atoms with E-state index < -0.39 is 0 Å². The standard InChI is InChI=1S/C7H13NO2/c1-3-4-6(2)10-7(9)5-8/h3-4,6H,5,8H2,1-2H3/b4-3+. The fraction of sp³-hybridized carbons (Fsp3) is 0.571. The molecule has 0 aliphatic heterocycles. The zero-order valence-corrected chi connectivity index (χ0v) is 6.33. The van der Waals surface area contributed by atoms with Crippen LogP contribution < -0.4 is 5.73 Å². The highest BCUT2D eigenvalue weighted by Crippen LogP contribution is 1.91. The van der Waals surface area contributed by atoms with Gasteiger partial charge in [0, 0.05) is 0 Å². The molecule has 0 saturated heterocycles. The van der Waals surface area contributed by atoms with E-state index in [2.05, 4.69) is 0 Å². The second kappa shape index (κ2) is 4.99. The Morgan fingerprint density at radius 3 is 2.80 bits per heavy atom. The molecule has 3 heteroatoms. The summed E-state index contributed by atoms with van der Waals surface area (Å²) in [6.45, 7) is 3.60. The normalized spacial score (nSPS) is 13.5. The minimum Gasteiger partial charge on any atom is -0.457 e. The van der Waals surface area contributed by atoms with Gasteiger partial charge in [0.05, 0.1) is 6.54 Å². The minimum absolute atomic E-state index is 0.0537. The van der Waals surface area contributed by atoms with Crippen LogP contribution in [0.3, 0.4) is 0 Å². The number of hydrogen-bond donors (Lipinski definition) is 1. The number of allylic oxidation sites excluding steroid dienone is 1. The number of esters is 1. The average Bonchev–Trinajstić information content (AvgIpc) is 1.88. The molecule has 2 N–H and O–H groups in total. The van der Waals surface area contributed by atoms with Gasteiger partial charge in [-0.3, -0.25) is 4.79 Å². The Labute approximate surface area is 60.9 Å². The predicted molar refractivity (Wildman–Crippen MR) is 39.4 cm³/mol. The first-order valence-electron chi connectivity index (χ1n) is 3.23. The van der Waals surface area contributed by atoms with Crippen LogP contribution in [0.15, 0.2) is 12.2 Å². The van der Waals surface area contributed by atoms with Crippen molar-refractivity contribution in [3.8, 4) is 0 Å². The van der Waals surface area contributed by atoms with Crippen molar-refractivity contribution in [3.05, 3.63) is 12.2 Å². The van der Waals surface area contributed by atoms with Gasteiger partial charge >= 0.3 is 5.97 Å². The largest absolute Gasteiger partial charge is 0.457 e. The summed E-state index contributed by atoms with van der Waals surface area (Å²) in [5, 5.41) is 0. The lowest BCUT2D eigenvalue weighted by Crippen LogP contribution is -2.20. The van der Waals surface area contributed by atoms with Crippen LogP contribution in [-0.4, -0.2) is 18.6 Å². The molecule has 1 unspecified atom stereocenters. The predicted octanol–water partition coefficient (Wildman–Crippen LogP) is 0.453. The van der Waals surface area contributed by atoms with E-state index in [-0.39, 0.29) is 18.6 Å². The summed E-state index contributed by atoms with van der Waals surface area (Å²) in [5.41, 5.74) is 5.02. The van der Waals surface area contributed by atoms with Crippen molar-refractivity contribution in [1.29, 1.82) is 0 Å². The molecule has 0 rings (SSSR count). The van der Waals surface area contributed by atoms with Crippen molar-refractivity contribution in [3.63, 3.8) is 0 Å². The van der Waals surface area contributed by atoms with Gasteiger partial charge in [0.25, 0.3) is 0 Å². The van der Waals surface area contributed by atoms with Crippen molar-refractivity contribution < 1.29 is 9.53 Å². The minimum atomic E-state index is -0.370. The van der Waals surface area contributed by atoms with E-state index in [4.69, 9.17) is 10.5 Å². The molecule has 0 aromatic carbocycles. The molecule has 1 atom stereocenters. The lowest BCUT2D eigenvalue weighted by Gasteiger charge is -2.06. The fourth-order valence-corrected chi connectivity index (χ4v) is 0.566. The Morgan fingerprint density at radius 1 is 1.80 bits per heavy atom. The van der Waals surface area contributed by atoms with E-state index in [1.165, 1.54) is 0 Å². The first-order chi connectivity index (χ1) is 4.70. The smallest absolute Gasteiger partial charge is 0.320 e. The summed E-state index contributed by atoms with van der Waals surface area (Å²) in [5.74, 6) is -0.370. The second-order valence-corrected chi connectivity index (χ2v) is 1.92. The molecule has 0 radical (unpaired) electrons. The second-order valence-electron chi connectivity index (χ2n) is 1.92. The molecular formula is C7H13NO2. The Morgan fingerprint density at radius 2 is 2.40 bits per heavy atom. The monoisotopic (exact) mass is 143 g/mol. The maximum absolute atomic E-state index is 10.5. The number of ether oxygens (including phenoxy) is 1. The van der Waals surface area contributed by atoms with Crippen LogP contribution in [0.4, 0.5) is 0 Å². The molecule has 0 amide bonds. The summed E-state index contributed by atoms with van der Waals surface area (Å²) in [6, 6.07) is 0. The summed E-state index contributed by atoms with van der Waals surface area (Å²) in [7, 11) is 0. The molecule has 0 aliphatic carbocycles. The molecule has 0 heterocycles. The Bertz CT molecular complexity index is 132. The molecule has 0 bridgehead atoms. The number of rotatable bonds is 3. The number of carbonyl (C=O) groups is 1. The summed E-state index contributed by atoms with van der Waals surface area (Å²) in [6.07, 6.45) is 3.45. The number of hydrogen-bond acceptors (Lipinski definition) is 3. The van der Waals surface area contributed by atoms with E-state index in [1.807, 2.05) is 13.0 Å². The van der Waals surface area contributed by atoms with Crippen molar-refractivity contribution >= 4 is 5.97 Å².